The molecule has 3 heterocycles. The van der Waals surface area contributed by atoms with Crippen molar-refractivity contribution in [2.24, 2.45) is 0 Å². The molecular weight excluding hydrogens is 386 g/mol. The lowest BCUT2D eigenvalue weighted by molar-refractivity contribution is -0.127. The van der Waals surface area contributed by atoms with Crippen molar-refractivity contribution in [1.82, 2.24) is 14.8 Å². The third kappa shape index (κ3) is 4.79. The second-order valence-electron chi connectivity index (χ2n) is 8.42. The van der Waals surface area contributed by atoms with E-state index in [0.717, 1.165) is 60.5 Å². The standard InChI is InChI=1S/C22H27N3O3S/c1-22(2,3)19-14-29-20(23-19)13-24-8-10-25(11-9-24)21(26)7-5-16-4-6-17-18(12-16)28-15-27-17/h4-7,12,14H,8-11,13,15H2,1-3H3/b7-5+. The fraction of sp³-hybridized carbons (Fsp3) is 0.455. The molecule has 2 aliphatic heterocycles. The molecule has 0 saturated carbocycles. The number of hydrogen-bond donors (Lipinski definition) is 0. The van der Waals surface area contributed by atoms with Crippen LogP contribution in [0.1, 0.15) is 37.0 Å². The van der Waals surface area contributed by atoms with Crippen LogP contribution in [0.5, 0.6) is 11.5 Å². The lowest BCUT2D eigenvalue weighted by atomic mass is 9.93. The van der Waals surface area contributed by atoms with E-state index in [1.54, 1.807) is 17.4 Å². The Balaban J connectivity index is 1.28. The second kappa shape index (κ2) is 8.16. The van der Waals surface area contributed by atoms with Crippen molar-refractivity contribution >= 4 is 23.3 Å². The van der Waals surface area contributed by atoms with Gasteiger partial charge in [-0.25, -0.2) is 4.98 Å². The summed E-state index contributed by atoms with van der Waals surface area (Å²) in [6.07, 6.45) is 3.48. The van der Waals surface area contributed by atoms with Gasteiger partial charge in [-0.1, -0.05) is 26.8 Å². The Kier molecular flexibility index (Phi) is 5.61. The van der Waals surface area contributed by atoms with E-state index < -0.39 is 0 Å². The minimum Gasteiger partial charge on any atom is -0.454 e. The number of thiazole rings is 1. The monoisotopic (exact) mass is 413 g/mol. The van der Waals surface area contributed by atoms with Crippen molar-refractivity contribution in [2.75, 3.05) is 33.0 Å². The molecule has 1 fully saturated rings. The number of ether oxygens (including phenoxy) is 2. The summed E-state index contributed by atoms with van der Waals surface area (Å²) >= 11 is 1.73. The number of carbonyl (C=O) groups excluding carboxylic acids is 1. The van der Waals surface area contributed by atoms with Gasteiger partial charge in [0.2, 0.25) is 12.7 Å². The van der Waals surface area contributed by atoms with E-state index in [-0.39, 0.29) is 18.1 Å². The Bertz CT molecular complexity index is 908. The summed E-state index contributed by atoms with van der Waals surface area (Å²) in [5, 5.41) is 3.31. The number of carbonyl (C=O) groups is 1. The zero-order chi connectivity index (χ0) is 20.4. The highest BCUT2D eigenvalue weighted by molar-refractivity contribution is 7.09. The van der Waals surface area contributed by atoms with Crippen LogP contribution in [0.4, 0.5) is 0 Å². The lowest BCUT2D eigenvalue weighted by Gasteiger charge is -2.33. The van der Waals surface area contributed by atoms with Crippen LogP contribution in [0.25, 0.3) is 6.08 Å². The first kappa shape index (κ1) is 19.9. The van der Waals surface area contributed by atoms with Crippen LogP contribution in [0, 0.1) is 0 Å². The quantitative estimate of drug-likeness (QED) is 0.718. The molecule has 0 aliphatic carbocycles. The Morgan fingerprint density at radius 3 is 2.66 bits per heavy atom. The maximum Gasteiger partial charge on any atom is 0.246 e. The molecule has 7 heteroatoms. The van der Waals surface area contributed by atoms with Crippen molar-refractivity contribution in [3.05, 3.63) is 45.9 Å². The fourth-order valence-corrected chi connectivity index (χ4v) is 4.40. The molecule has 2 aromatic rings. The molecule has 0 bridgehead atoms. The predicted molar refractivity (Wildman–Crippen MR) is 114 cm³/mol. The first-order valence-corrected chi connectivity index (χ1v) is 10.8. The molecule has 2 aliphatic rings. The minimum atomic E-state index is 0.0478. The molecule has 0 radical (unpaired) electrons. The Labute approximate surface area is 175 Å². The highest BCUT2D eigenvalue weighted by atomic mass is 32.1. The normalized spacial score (nSPS) is 17.3. The SMILES string of the molecule is CC(C)(C)c1csc(CN2CCN(C(=O)/C=C/c3ccc4c(c3)OCO4)CC2)n1. The molecule has 4 rings (SSSR count). The van der Waals surface area contributed by atoms with Crippen molar-refractivity contribution in [3.8, 4) is 11.5 Å². The average Bonchev–Trinajstić information content (AvgIpc) is 3.35. The largest absolute Gasteiger partial charge is 0.454 e. The topological polar surface area (TPSA) is 54.9 Å². The number of piperazine rings is 1. The summed E-state index contributed by atoms with van der Waals surface area (Å²) in [7, 11) is 0. The second-order valence-corrected chi connectivity index (χ2v) is 9.37. The Hall–Kier alpha value is -2.38. The summed E-state index contributed by atoms with van der Waals surface area (Å²) in [6, 6.07) is 5.69. The molecule has 29 heavy (non-hydrogen) atoms. The van der Waals surface area contributed by atoms with Crippen LogP contribution >= 0.6 is 11.3 Å². The Morgan fingerprint density at radius 1 is 1.17 bits per heavy atom. The fourth-order valence-electron chi connectivity index (χ4n) is 3.34. The first-order valence-electron chi connectivity index (χ1n) is 9.92. The van der Waals surface area contributed by atoms with E-state index >= 15 is 0 Å². The molecule has 154 valence electrons. The molecule has 0 atom stereocenters. The zero-order valence-corrected chi connectivity index (χ0v) is 18.0. The molecule has 1 amide bonds. The molecule has 0 unspecified atom stereocenters. The number of fused-ring (bicyclic) bond motifs is 1. The van der Waals surface area contributed by atoms with Crippen LogP contribution in [0.2, 0.25) is 0 Å². The van der Waals surface area contributed by atoms with Gasteiger partial charge in [0, 0.05) is 43.1 Å². The number of hydrogen-bond acceptors (Lipinski definition) is 6. The van der Waals surface area contributed by atoms with E-state index in [2.05, 4.69) is 31.1 Å². The van der Waals surface area contributed by atoms with Crippen LogP contribution in [0.3, 0.4) is 0 Å². The highest BCUT2D eigenvalue weighted by Gasteiger charge is 2.22. The summed E-state index contributed by atoms with van der Waals surface area (Å²) in [5.74, 6) is 1.52. The van der Waals surface area contributed by atoms with Crippen molar-refractivity contribution < 1.29 is 14.3 Å². The van der Waals surface area contributed by atoms with Gasteiger partial charge in [0.1, 0.15) is 5.01 Å². The van der Waals surface area contributed by atoms with Gasteiger partial charge in [0.15, 0.2) is 11.5 Å². The zero-order valence-electron chi connectivity index (χ0n) is 17.2. The molecule has 1 aromatic carbocycles. The van der Waals surface area contributed by atoms with Gasteiger partial charge < -0.3 is 14.4 Å². The summed E-state index contributed by atoms with van der Waals surface area (Å²) < 4.78 is 10.7. The van der Waals surface area contributed by atoms with Crippen LogP contribution in [0.15, 0.2) is 29.7 Å². The van der Waals surface area contributed by atoms with Crippen molar-refractivity contribution in [3.63, 3.8) is 0 Å². The summed E-state index contributed by atoms with van der Waals surface area (Å²) in [6.45, 7) is 10.9. The van der Waals surface area contributed by atoms with Crippen LogP contribution in [-0.4, -0.2) is 53.7 Å². The summed E-state index contributed by atoms with van der Waals surface area (Å²) in [4.78, 5) is 21.6. The van der Waals surface area contributed by atoms with Gasteiger partial charge in [0.25, 0.3) is 0 Å². The third-order valence-corrected chi connectivity index (χ3v) is 6.01. The van der Waals surface area contributed by atoms with Crippen LogP contribution in [-0.2, 0) is 16.8 Å². The van der Waals surface area contributed by atoms with E-state index in [1.165, 1.54) is 0 Å². The van der Waals surface area contributed by atoms with Gasteiger partial charge in [0.05, 0.1) is 12.2 Å². The number of benzene rings is 1. The molecule has 0 N–H and O–H groups in total. The van der Waals surface area contributed by atoms with Crippen molar-refractivity contribution in [1.29, 1.82) is 0 Å². The molecule has 1 saturated heterocycles. The van der Waals surface area contributed by atoms with E-state index in [9.17, 15) is 4.79 Å². The lowest BCUT2D eigenvalue weighted by Crippen LogP contribution is -2.47. The Morgan fingerprint density at radius 2 is 1.93 bits per heavy atom. The van der Waals surface area contributed by atoms with Gasteiger partial charge >= 0.3 is 0 Å². The maximum absolute atomic E-state index is 12.5. The first-order chi connectivity index (χ1) is 13.9. The van der Waals surface area contributed by atoms with Gasteiger partial charge in [-0.2, -0.15) is 0 Å². The summed E-state index contributed by atoms with van der Waals surface area (Å²) in [5.41, 5.74) is 2.17. The van der Waals surface area contributed by atoms with Gasteiger partial charge in [-0.3, -0.25) is 9.69 Å². The average molecular weight is 414 g/mol. The smallest absolute Gasteiger partial charge is 0.246 e. The minimum absolute atomic E-state index is 0.0478. The highest BCUT2D eigenvalue weighted by Crippen LogP contribution is 2.32. The van der Waals surface area contributed by atoms with E-state index in [4.69, 9.17) is 14.5 Å². The van der Waals surface area contributed by atoms with E-state index in [1.807, 2.05) is 29.2 Å². The van der Waals surface area contributed by atoms with Crippen LogP contribution < -0.4 is 9.47 Å². The third-order valence-electron chi connectivity index (χ3n) is 5.18. The van der Waals surface area contributed by atoms with Crippen molar-refractivity contribution in [2.45, 2.75) is 32.7 Å². The molecule has 1 aromatic heterocycles. The van der Waals surface area contributed by atoms with Gasteiger partial charge in [-0.15, -0.1) is 11.3 Å². The number of nitrogens with zero attached hydrogens (tertiary/aromatic N) is 3. The molecule has 0 spiro atoms. The number of rotatable bonds is 4. The molecule has 6 nitrogen and oxygen atoms in total. The number of amides is 1. The molecular formula is C22H27N3O3S. The maximum atomic E-state index is 12.5. The van der Waals surface area contributed by atoms with E-state index in [0.29, 0.717) is 0 Å². The van der Waals surface area contributed by atoms with Gasteiger partial charge in [-0.05, 0) is 23.8 Å². The number of aromatic nitrogens is 1. The predicted octanol–water partition coefficient (Wildman–Crippen LogP) is 3.53.